The van der Waals surface area contributed by atoms with Gasteiger partial charge in [-0.3, -0.25) is 24.7 Å². The summed E-state index contributed by atoms with van der Waals surface area (Å²) in [6.45, 7) is 1.58. The van der Waals surface area contributed by atoms with Gasteiger partial charge in [0, 0.05) is 61.5 Å². The number of rotatable bonds is 8. The van der Waals surface area contributed by atoms with Crippen LogP contribution in [0.4, 0.5) is 14.7 Å². The maximum Gasteiger partial charge on any atom is 0.272 e. The summed E-state index contributed by atoms with van der Waals surface area (Å²) in [6.07, 6.45) is 3.48. The number of ether oxygens (including phenoxy) is 1. The van der Waals surface area contributed by atoms with Crippen LogP contribution in [0.2, 0.25) is 0 Å². The van der Waals surface area contributed by atoms with Gasteiger partial charge >= 0.3 is 0 Å². The molecule has 12 nitrogen and oxygen atoms in total. The smallest absolute Gasteiger partial charge is 0.272 e. The maximum atomic E-state index is 15.0. The zero-order valence-electron chi connectivity index (χ0n) is 26.2. The van der Waals surface area contributed by atoms with E-state index >= 15 is 0 Å². The molecule has 4 heterocycles. The number of carbonyl (C=O) groups excluding carboxylic acids is 2. The van der Waals surface area contributed by atoms with Gasteiger partial charge in [-0.1, -0.05) is 53.8 Å². The van der Waals surface area contributed by atoms with E-state index in [1.165, 1.54) is 17.4 Å². The number of piperazine rings is 1. The highest BCUT2D eigenvalue weighted by Gasteiger charge is 2.27. The zero-order chi connectivity index (χ0) is 33.9. The van der Waals surface area contributed by atoms with E-state index in [4.69, 9.17) is 4.74 Å². The lowest BCUT2D eigenvalue weighted by Gasteiger charge is -2.34. The number of benzene rings is 3. The molecule has 2 N–H and O–H groups in total. The fourth-order valence-electron chi connectivity index (χ4n) is 5.85. The van der Waals surface area contributed by atoms with Crippen molar-refractivity contribution in [2.45, 2.75) is 6.42 Å². The molecular weight excluding hydrogens is 648 g/mol. The van der Waals surface area contributed by atoms with E-state index in [0.29, 0.717) is 81.8 Å². The third-order valence-electron chi connectivity index (χ3n) is 8.34. The van der Waals surface area contributed by atoms with Gasteiger partial charge in [0.15, 0.2) is 0 Å². The minimum absolute atomic E-state index is 0.0239. The maximum absolute atomic E-state index is 15.0. The van der Waals surface area contributed by atoms with Gasteiger partial charge in [0.2, 0.25) is 10.3 Å². The Morgan fingerprint density at radius 3 is 2.53 bits per heavy atom. The monoisotopic (exact) mass is 676 g/mol. The van der Waals surface area contributed by atoms with Crippen LogP contribution in [0, 0.1) is 5.82 Å². The first-order valence-corrected chi connectivity index (χ1v) is 16.2. The van der Waals surface area contributed by atoms with Crippen LogP contribution in [0.5, 0.6) is 5.75 Å². The predicted octanol–water partition coefficient (Wildman–Crippen LogP) is 4.79. The van der Waals surface area contributed by atoms with Crippen molar-refractivity contribution in [1.82, 2.24) is 30.3 Å². The number of aromatic amines is 1. The van der Waals surface area contributed by atoms with E-state index in [9.17, 15) is 18.8 Å². The lowest BCUT2D eigenvalue weighted by atomic mass is 10.0. The number of hydrogen-bond donors (Lipinski definition) is 2. The Labute approximate surface area is 283 Å². The molecule has 1 fully saturated rings. The third kappa shape index (κ3) is 6.45. The van der Waals surface area contributed by atoms with Crippen LogP contribution >= 0.6 is 11.3 Å². The van der Waals surface area contributed by atoms with Crippen molar-refractivity contribution in [3.05, 3.63) is 124 Å². The zero-order valence-corrected chi connectivity index (χ0v) is 27.0. The van der Waals surface area contributed by atoms with Gasteiger partial charge in [-0.25, -0.2) is 9.49 Å². The Morgan fingerprint density at radius 2 is 1.71 bits per heavy atom. The number of H-pyrrole nitrogens is 1. The molecule has 0 radical (unpaired) electrons. The first-order valence-electron chi connectivity index (χ1n) is 15.4. The van der Waals surface area contributed by atoms with Crippen LogP contribution in [-0.2, 0) is 6.42 Å². The predicted molar refractivity (Wildman–Crippen MR) is 184 cm³/mol. The molecule has 0 atom stereocenters. The molecule has 14 heteroatoms. The highest BCUT2D eigenvalue weighted by Crippen LogP contribution is 2.33. The van der Waals surface area contributed by atoms with Gasteiger partial charge in [-0.2, -0.15) is 5.10 Å². The van der Waals surface area contributed by atoms with Crippen LogP contribution in [0.3, 0.4) is 0 Å². The molecule has 0 bridgehead atoms. The standard InChI is InChI=1S/C35H29FN8O4S/c1-48-30-9-5-4-7-23(30)27-20-37-13-12-25(27)31(45)38-34-41-42-35(49-34)44-16-14-43(15-17-44)33(47)26-18-21(10-11-28(26)36)19-29-22-6-2-3-8-24(22)32(46)40-39-29/h2-13,18,20H,14-17,19H2,1H3,(H,40,46)(H,38,41,45). The number of anilines is 2. The van der Waals surface area contributed by atoms with Crippen molar-refractivity contribution in [3.8, 4) is 16.9 Å². The van der Waals surface area contributed by atoms with Crippen molar-refractivity contribution < 1.29 is 18.7 Å². The molecular formula is C35H29FN8O4S. The highest BCUT2D eigenvalue weighted by molar-refractivity contribution is 7.19. The molecule has 1 saturated heterocycles. The van der Waals surface area contributed by atoms with Gasteiger partial charge in [0.05, 0.1) is 29.3 Å². The van der Waals surface area contributed by atoms with E-state index in [1.807, 2.05) is 41.3 Å². The van der Waals surface area contributed by atoms with Crippen LogP contribution in [-0.4, -0.2) is 75.4 Å². The van der Waals surface area contributed by atoms with Crippen molar-refractivity contribution in [2.24, 2.45) is 0 Å². The van der Waals surface area contributed by atoms with Gasteiger partial charge in [0.25, 0.3) is 17.4 Å². The van der Waals surface area contributed by atoms with Gasteiger partial charge in [-0.15, -0.1) is 10.2 Å². The molecule has 246 valence electrons. The largest absolute Gasteiger partial charge is 0.496 e. The number of amides is 2. The molecule has 1 aliphatic rings. The Bertz CT molecular complexity index is 2250. The molecule has 6 aromatic rings. The summed E-state index contributed by atoms with van der Waals surface area (Å²) >= 11 is 1.22. The molecule has 49 heavy (non-hydrogen) atoms. The number of halogens is 1. The van der Waals surface area contributed by atoms with E-state index < -0.39 is 11.7 Å². The number of methoxy groups -OCH3 is 1. The van der Waals surface area contributed by atoms with Crippen molar-refractivity contribution in [2.75, 3.05) is 43.5 Å². The second-order valence-corrected chi connectivity index (χ2v) is 12.2. The quantitative estimate of drug-likeness (QED) is 0.232. The number of pyridine rings is 1. The Kier molecular flexibility index (Phi) is 8.77. The number of aromatic nitrogens is 5. The molecule has 0 aliphatic carbocycles. The summed E-state index contributed by atoms with van der Waals surface area (Å²) in [5.74, 6) is -0.766. The number of nitrogens with one attached hydrogen (secondary N) is 2. The molecule has 1 aliphatic heterocycles. The lowest BCUT2D eigenvalue weighted by molar-refractivity contribution is 0.0741. The Hall–Kier alpha value is -6.02. The summed E-state index contributed by atoms with van der Waals surface area (Å²) in [5, 5.41) is 20.1. The van der Waals surface area contributed by atoms with Crippen molar-refractivity contribution in [1.29, 1.82) is 0 Å². The van der Waals surface area contributed by atoms with Crippen LogP contribution < -0.4 is 20.5 Å². The fraction of sp³-hybridized carbons (Fsp3) is 0.171. The number of carbonyl (C=O) groups is 2. The molecule has 2 amide bonds. The minimum Gasteiger partial charge on any atom is -0.496 e. The first kappa shape index (κ1) is 31.6. The summed E-state index contributed by atoms with van der Waals surface area (Å²) < 4.78 is 20.4. The van der Waals surface area contributed by atoms with Crippen LogP contribution in [0.1, 0.15) is 32.0 Å². The van der Waals surface area contributed by atoms with E-state index in [0.717, 1.165) is 5.56 Å². The second kappa shape index (κ2) is 13.6. The molecule has 7 rings (SSSR count). The molecule has 0 unspecified atom stereocenters. The minimum atomic E-state index is -0.608. The SMILES string of the molecule is COc1ccccc1-c1cnccc1C(=O)Nc1nnc(N2CCN(C(=O)c3cc(Cc4n[nH]c(=O)c5ccccc45)ccc3F)CC2)s1. The molecule has 3 aromatic carbocycles. The average molecular weight is 677 g/mol. The molecule has 0 spiro atoms. The first-order chi connectivity index (χ1) is 23.9. The topological polar surface area (TPSA) is 146 Å². The number of fused-ring (bicyclic) bond motifs is 1. The number of nitrogens with zero attached hydrogens (tertiary/aromatic N) is 6. The van der Waals surface area contributed by atoms with Crippen LogP contribution in [0.25, 0.3) is 21.9 Å². The number of para-hydroxylation sites is 1. The Morgan fingerprint density at radius 1 is 0.939 bits per heavy atom. The fourth-order valence-corrected chi connectivity index (χ4v) is 6.64. The Balaban J connectivity index is 1.00. The summed E-state index contributed by atoms with van der Waals surface area (Å²) in [7, 11) is 1.57. The second-order valence-electron chi connectivity index (χ2n) is 11.3. The average Bonchev–Trinajstić information content (AvgIpc) is 3.61. The van der Waals surface area contributed by atoms with Gasteiger partial charge in [0.1, 0.15) is 11.6 Å². The van der Waals surface area contributed by atoms with Crippen molar-refractivity contribution in [3.63, 3.8) is 0 Å². The third-order valence-corrected chi connectivity index (χ3v) is 9.24. The number of hydrogen-bond acceptors (Lipinski definition) is 10. The van der Waals surface area contributed by atoms with E-state index in [-0.39, 0.29) is 17.0 Å². The molecule has 0 saturated carbocycles. The molecule has 3 aromatic heterocycles. The summed E-state index contributed by atoms with van der Waals surface area (Å²) in [4.78, 5) is 46.8. The van der Waals surface area contributed by atoms with Crippen LogP contribution in [0.15, 0.2) is 90.0 Å². The van der Waals surface area contributed by atoms with Crippen molar-refractivity contribution >= 4 is 44.2 Å². The normalized spacial score (nSPS) is 13.0. The lowest BCUT2D eigenvalue weighted by Crippen LogP contribution is -2.49. The summed E-state index contributed by atoms with van der Waals surface area (Å²) in [5.41, 5.74) is 2.77. The summed E-state index contributed by atoms with van der Waals surface area (Å²) in [6, 6.07) is 20.6. The van der Waals surface area contributed by atoms with E-state index in [1.54, 1.807) is 54.7 Å². The van der Waals surface area contributed by atoms with Gasteiger partial charge in [-0.05, 0) is 35.9 Å². The highest BCUT2D eigenvalue weighted by atomic mass is 32.1. The van der Waals surface area contributed by atoms with E-state index in [2.05, 4.69) is 30.7 Å². The van der Waals surface area contributed by atoms with Gasteiger partial charge < -0.3 is 14.5 Å².